The Morgan fingerprint density at radius 2 is 1.07 bits per heavy atom. The van der Waals surface area contributed by atoms with Crippen LogP contribution in [0.15, 0.2) is 60.7 Å². The highest BCUT2D eigenvalue weighted by atomic mass is 16.6. The number of aliphatic hydroxyl groups is 2. The second kappa shape index (κ2) is 26.9. The number of esters is 2. The van der Waals surface area contributed by atoms with E-state index in [0.29, 0.717) is 32.5 Å². The van der Waals surface area contributed by atoms with Crippen molar-refractivity contribution in [3.8, 4) is 0 Å². The number of piperazine rings is 1. The smallest absolute Gasteiger partial charge is 0.410 e. The maximum absolute atomic E-state index is 12.5. The van der Waals surface area contributed by atoms with Gasteiger partial charge < -0.3 is 44.1 Å². The minimum absolute atomic E-state index is 0.000434. The van der Waals surface area contributed by atoms with E-state index in [1.54, 1.807) is 30.6 Å². The molecule has 16 heteroatoms. The summed E-state index contributed by atoms with van der Waals surface area (Å²) in [5, 5.41) is 27.2. The Morgan fingerprint density at radius 3 is 1.51 bits per heavy atom. The predicted molar refractivity (Wildman–Crippen MR) is 226 cm³/mol. The molecule has 61 heavy (non-hydrogen) atoms. The van der Waals surface area contributed by atoms with E-state index in [1.165, 1.54) is 4.90 Å². The van der Waals surface area contributed by atoms with E-state index in [4.69, 9.17) is 29.2 Å². The highest BCUT2D eigenvalue weighted by Crippen LogP contribution is 2.20. The number of hydrogen-bond donors (Lipinski definition) is 3. The van der Waals surface area contributed by atoms with Crippen molar-refractivity contribution < 1.29 is 63.0 Å². The lowest BCUT2D eigenvalue weighted by Gasteiger charge is -2.41. The van der Waals surface area contributed by atoms with E-state index in [0.717, 1.165) is 30.4 Å². The first kappa shape index (κ1) is 51.9. The van der Waals surface area contributed by atoms with Crippen LogP contribution in [-0.2, 0) is 51.3 Å². The highest BCUT2D eigenvalue weighted by molar-refractivity contribution is 5.78. The van der Waals surface area contributed by atoms with Gasteiger partial charge in [0.25, 0.3) is 0 Å². The molecule has 0 bridgehead atoms. The summed E-state index contributed by atoms with van der Waals surface area (Å²) in [7, 11) is 0. The van der Waals surface area contributed by atoms with Crippen molar-refractivity contribution in [3.63, 3.8) is 0 Å². The molecule has 16 nitrogen and oxygen atoms in total. The molecule has 0 spiro atoms. The normalized spacial score (nSPS) is 16.4. The van der Waals surface area contributed by atoms with E-state index >= 15 is 0 Å². The number of likely N-dealkylation sites (tertiary alicyclic amines) is 1. The number of aliphatic carboxylic acids is 1. The number of hydrogen-bond acceptors (Lipinski definition) is 12. The molecule has 0 saturated carbocycles. The SMILES string of the molecule is CC(C)(C)OC(=O)N1CCCCC1CO.CC(C)(C)OC(=O)N1CCN(C(=O)CCCC(=O)OCc2ccccc2)CC1CO.O=C(O)CCCC(=O)OCc1ccccc1. The van der Waals surface area contributed by atoms with Crippen molar-refractivity contribution in [2.24, 2.45) is 0 Å². The molecular formula is C45H67N3O13. The standard InChI is InChI=1S/C22H32N2O6.C12H14O4.C11H21NO3/c1-22(2,3)30-21(28)24-13-12-23(14-18(24)15-25)19(26)10-7-11-20(27)29-16-17-8-5-4-6-9-17;13-11(14)7-4-8-12(15)16-9-10-5-2-1-3-6-10;1-11(2,3)15-10(14)12-7-5-4-6-9(12)8-13/h4-6,8-9,18,25H,7,10-16H2,1-3H3;1-3,5-6H,4,7-9H2,(H,13,14);9,13H,4-8H2,1-3H3. The topological polar surface area (TPSA) is 210 Å². The van der Waals surface area contributed by atoms with Crippen molar-refractivity contribution in [2.45, 2.75) is 136 Å². The van der Waals surface area contributed by atoms with Crippen LogP contribution in [0.3, 0.4) is 0 Å². The van der Waals surface area contributed by atoms with Crippen LogP contribution in [0.2, 0.25) is 0 Å². The fourth-order valence-electron chi connectivity index (χ4n) is 6.10. The maximum Gasteiger partial charge on any atom is 0.410 e. The number of carbonyl (C=O) groups is 6. The first-order valence-corrected chi connectivity index (χ1v) is 20.9. The van der Waals surface area contributed by atoms with Crippen LogP contribution in [-0.4, -0.2) is 129 Å². The number of aliphatic hydroxyl groups excluding tert-OH is 2. The molecule has 3 amide bonds. The van der Waals surface area contributed by atoms with Gasteiger partial charge in [0.1, 0.15) is 24.4 Å². The fourth-order valence-corrected chi connectivity index (χ4v) is 6.10. The van der Waals surface area contributed by atoms with Crippen molar-refractivity contribution in [1.82, 2.24) is 14.7 Å². The Kier molecular flexibility index (Phi) is 22.9. The Balaban J connectivity index is 0.000000348. The Labute approximate surface area is 360 Å². The lowest BCUT2D eigenvalue weighted by molar-refractivity contribution is -0.146. The van der Waals surface area contributed by atoms with Crippen LogP contribution < -0.4 is 0 Å². The van der Waals surface area contributed by atoms with Crippen molar-refractivity contribution in [1.29, 1.82) is 0 Å². The van der Waals surface area contributed by atoms with Gasteiger partial charge in [-0.3, -0.25) is 24.1 Å². The third-order valence-corrected chi connectivity index (χ3v) is 9.17. The Morgan fingerprint density at radius 1 is 0.607 bits per heavy atom. The summed E-state index contributed by atoms with van der Waals surface area (Å²) in [4.78, 5) is 74.6. The van der Waals surface area contributed by atoms with Gasteiger partial charge >= 0.3 is 30.1 Å². The van der Waals surface area contributed by atoms with Crippen LogP contribution >= 0.6 is 0 Å². The second-order valence-corrected chi connectivity index (χ2v) is 16.7. The second-order valence-electron chi connectivity index (χ2n) is 16.7. The highest BCUT2D eigenvalue weighted by Gasteiger charge is 2.34. The van der Waals surface area contributed by atoms with Gasteiger partial charge in [0, 0.05) is 51.9 Å². The molecule has 2 aromatic rings. The van der Waals surface area contributed by atoms with Crippen molar-refractivity contribution >= 4 is 36.0 Å². The van der Waals surface area contributed by atoms with Crippen molar-refractivity contribution in [3.05, 3.63) is 71.8 Å². The van der Waals surface area contributed by atoms with Crippen LogP contribution in [0, 0.1) is 0 Å². The summed E-state index contributed by atoms with van der Waals surface area (Å²) < 4.78 is 20.9. The average Bonchev–Trinajstić information content (AvgIpc) is 3.21. The van der Waals surface area contributed by atoms with E-state index in [2.05, 4.69) is 0 Å². The Hall–Kier alpha value is -5.22. The number of ether oxygens (including phenoxy) is 4. The molecule has 0 aliphatic carbocycles. The quantitative estimate of drug-likeness (QED) is 0.145. The Bertz CT molecular complexity index is 1640. The zero-order valence-electron chi connectivity index (χ0n) is 36.7. The molecule has 2 atom stereocenters. The number of nitrogens with zero attached hydrogens (tertiary/aromatic N) is 3. The lowest BCUT2D eigenvalue weighted by atomic mass is 10.0. The van der Waals surface area contributed by atoms with Gasteiger partial charge in [0.05, 0.1) is 25.3 Å². The number of amides is 3. The molecule has 2 aliphatic heterocycles. The average molecular weight is 858 g/mol. The van der Waals surface area contributed by atoms with Crippen LogP contribution in [0.1, 0.15) is 110 Å². The lowest BCUT2D eigenvalue weighted by Crippen LogP contribution is -2.58. The molecule has 4 rings (SSSR count). The van der Waals surface area contributed by atoms with Crippen LogP contribution in [0.4, 0.5) is 9.59 Å². The number of piperidine rings is 1. The molecule has 2 aliphatic rings. The molecular weight excluding hydrogens is 791 g/mol. The number of carbonyl (C=O) groups excluding carboxylic acids is 5. The summed E-state index contributed by atoms with van der Waals surface area (Å²) >= 11 is 0. The summed E-state index contributed by atoms with van der Waals surface area (Å²) in [6.45, 7) is 12.7. The van der Waals surface area contributed by atoms with Gasteiger partial charge in [-0.15, -0.1) is 0 Å². The van der Waals surface area contributed by atoms with E-state index < -0.39 is 29.3 Å². The monoisotopic (exact) mass is 857 g/mol. The third kappa shape index (κ3) is 22.3. The molecule has 0 aromatic heterocycles. The van der Waals surface area contributed by atoms with Gasteiger partial charge in [0.2, 0.25) is 5.91 Å². The summed E-state index contributed by atoms with van der Waals surface area (Å²) in [6.07, 6.45) is 3.39. The summed E-state index contributed by atoms with van der Waals surface area (Å²) in [6, 6.07) is 18.2. The molecule has 2 aromatic carbocycles. The van der Waals surface area contributed by atoms with Gasteiger partial charge in [0.15, 0.2) is 0 Å². The zero-order valence-corrected chi connectivity index (χ0v) is 36.7. The molecule has 2 fully saturated rings. The van der Waals surface area contributed by atoms with Gasteiger partial charge in [-0.05, 0) is 84.8 Å². The van der Waals surface area contributed by atoms with Crippen LogP contribution in [0.5, 0.6) is 0 Å². The first-order valence-electron chi connectivity index (χ1n) is 20.9. The van der Waals surface area contributed by atoms with Gasteiger partial charge in [-0.2, -0.15) is 0 Å². The number of benzene rings is 2. The molecule has 0 radical (unpaired) electrons. The van der Waals surface area contributed by atoms with Gasteiger partial charge in [-0.25, -0.2) is 9.59 Å². The predicted octanol–water partition coefficient (Wildman–Crippen LogP) is 6.09. The van der Waals surface area contributed by atoms with Crippen molar-refractivity contribution in [2.75, 3.05) is 39.4 Å². The van der Waals surface area contributed by atoms with Gasteiger partial charge in [-0.1, -0.05) is 60.7 Å². The minimum atomic E-state index is -0.893. The summed E-state index contributed by atoms with van der Waals surface area (Å²) in [5.41, 5.74) is 0.752. The van der Waals surface area contributed by atoms with Crippen LogP contribution in [0.25, 0.3) is 0 Å². The summed E-state index contributed by atoms with van der Waals surface area (Å²) in [5.74, 6) is -1.69. The molecule has 2 unspecified atom stereocenters. The van der Waals surface area contributed by atoms with E-state index in [1.807, 2.05) is 81.4 Å². The zero-order chi connectivity index (χ0) is 45.4. The number of rotatable bonds is 14. The van der Waals surface area contributed by atoms with E-state index in [9.17, 15) is 33.9 Å². The number of carboxylic acid groups (broad SMARTS) is 1. The minimum Gasteiger partial charge on any atom is -0.481 e. The largest absolute Gasteiger partial charge is 0.481 e. The molecule has 3 N–H and O–H groups in total. The van der Waals surface area contributed by atoms with E-state index in [-0.39, 0.29) is 88.6 Å². The third-order valence-electron chi connectivity index (χ3n) is 9.17. The molecule has 2 saturated heterocycles. The molecule has 2 heterocycles. The maximum atomic E-state index is 12.5. The first-order chi connectivity index (χ1) is 28.8. The fraction of sp³-hybridized carbons (Fsp3) is 0.600. The molecule has 340 valence electrons. The number of carboxylic acids is 1.